The Morgan fingerprint density at radius 1 is 1.14 bits per heavy atom. The van der Waals surface area contributed by atoms with Gasteiger partial charge in [-0.25, -0.2) is 0 Å². The van der Waals surface area contributed by atoms with Crippen LogP contribution in [0, 0.1) is 17.3 Å². The van der Waals surface area contributed by atoms with Crippen molar-refractivity contribution < 1.29 is 0 Å². The van der Waals surface area contributed by atoms with Crippen LogP contribution >= 0.6 is 0 Å². The second-order valence-electron chi connectivity index (χ2n) is 8.91. The van der Waals surface area contributed by atoms with E-state index in [4.69, 9.17) is 0 Å². The van der Waals surface area contributed by atoms with Gasteiger partial charge in [-0.15, -0.1) is 0 Å². The molecule has 0 spiro atoms. The maximum atomic E-state index is 3.84. The standard InChI is InChI=1S/C19H40N2/c1-8-16(4)21-13-17(12-19(5,6)7)11-18(14-21)20-10-9-15(2)3/h15-18,20H,8-14H2,1-7H3. The first-order chi connectivity index (χ1) is 9.71. The number of hydrogen-bond acceptors (Lipinski definition) is 2. The van der Waals surface area contributed by atoms with E-state index in [1.54, 1.807) is 0 Å². The normalized spacial score (nSPS) is 26.3. The second-order valence-corrected chi connectivity index (χ2v) is 8.91. The molecule has 0 aliphatic carbocycles. The lowest BCUT2D eigenvalue weighted by molar-refractivity contribution is 0.0824. The van der Waals surface area contributed by atoms with E-state index in [0.717, 1.165) is 17.9 Å². The lowest BCUT2D eigenvalue weighted by Crippen LogP contribution is -2.52. The van der Waals surface area contributed by atoms with Crippen LogP contribution in [0.1, 0.15) is 74.1 Å². The molecule has 126 valence electrons. The number of nitrogens with one attached hydrogen (secondary N) is 1. The van der Waals surface area contributed by atoms with Crippen molar-refractivity contribution in [2.24, 2.45) is 17.3 Å². The highest BCUT2D eigenvalue weighted by Gasteiger charge is 2.31. The van der Waals surface area contributed by atoms with Gasteiger partial charge in [0.25, 0.3) is 0 Å². The van der Waals surface area contributed by atoms with Crippen molar-refractivity contribution in [2.45, 2.75) is 86.2 Å². The fourth-order valence-electron chi connectivity index (χ4n) is 3.60. The van der Waals surface area contributed by atoms with Crippen molar-refractivity contribution >= 4 is 0 Å². The molecule has 2 nitrogen and oxygen atoms in total. The van der Waals surface area contributed by atoms with Gasteiger partial charge in [-0.1, -0.05) is 41.5 Å². The van der Waals surface area contributed by atoms with E-state index >= 15 is 0 Å². The summed E-state index contributed by atoms with van der Waals surface area (Å²) in [6.45, 7) is 20.2. The summed E-state index contributed by atoms with van der Waals surface area (Å²) in [6.07, 6.45) is 5.27. The average Bonchev–Trinajstić information content (AvgIpc) is 2.35. The Hall–Kier alpha value is -0.0800. The van der Waals surface area contributed by atoms with Crippen molar-refractivity contribution in [3.05, 3.63) is 0 Å². The first-order valence-corrected chi connectivity index (χ1v) is 9.18. The predicted octanol–water partition coefficient (Wildman–Crippen LogP) is 4.55. The third-order valence-electron chi connectivity index (χ3n) is 4.84. The van der Waals surface area contributed by atoms with E-state index in [2.05, 4.69) is 58.7 Å². The summed E-state index contributed by atoms with van der Waals surface area (Å²) in [6, 6.07) is 1.42. The van der Waals surface area contributed by atoms with Gasteiger partial charge in [-0.3, -0.25) is 4.90 Å². The highest BCUT2D eigenvalue weighted by molar-refractivity contribution is 4.87. The summed E-state index contributed by atoms with van der Waals surface area (Å²) < 4.78 is 0. The van der Waals surface area contributed by atoms with Crippen LogP contribution in [-0.2, 0) is 0 Å². The quantitative estimate of drug-likeness (QED) is 0.741. The Morgan fingerprint density at radius 3 is 2.33 bits per heavy atom. The summed E-state index contributed by atoms with van der Waals surface area (Å²) in [5, 5.41) is 3.84. The summed E-state index contributed by atoms with van der Waals surface area (Å²) in [5.74, 6) is 1.65. The zero-order valence-corrected chi connectivity index (χ0v) is 15.7. The number of piperidine rings is 1. The maximum absolute atomic E-state index is 3.84. The third kappa shape index (κ3) is 7.65. The van der Waals surface area contributed by atoms with Gasteiger partial charge < -0.3 is 5.32 Å². The van der Waals surface area contributed by atoms with Crippen molar-refractivity contribution in [1.82, 2.24) is 10.2 Å². The van der Waals surface area contributed by atoms with Gasteiger partial charge in [0.2, 0.25) is 0 Å². The molecule has 2 heteroatoms. The predicted molar refractivity (Wildman–Crippen MR) is 94.8 cm³/mol. The summed E-state index contributed by atoms with van der Waals surface area (Å²) in [7, 11) is 0. The molecule has 1 saturated heterocycles. The van der Waals surface area contributed by atoms with Crippen LogP contribution < -0.4 is 5.32 Å². The zero-order valence-electron chi connectivity index (χ0n) is 15.7. The molecular weight excluding hydrogens is 256 g/mol. The fourth-order valence-corrected chi connectivity index (χ4v) is 3.60. The number of likely N-dealkylation sites (tertiary alicyclic amines) is 1. The van der Waals surface area contributed by atoms with Crippen LogP contribution in [0.5, 0.6) is 0 Å². The monoisotopic (exact) mass is 296 g/mol. The fraction of sp³-hybridized carbons (Fsp3) is 1.00. The van der Waals surface area contributed by atoms with Gasteiger partial charge >= 0.3 is 0 Å². The summed E-state index contributed by atoms with van der Waals surface area (Å²) >= 11 is 0. The molecule has 21 heavy (non-hydrogen) atoms. The minimum atomic E-state index is 0.450. The zero-order chi connectivity index (χ0) is 16.0. The first kappa shape index (κ1) is 19.0. The highest BCUT2D eigenvalue weighted by atomic mass is 15.2. The van der Waals surface area contributed by atoms with Gasteiger partial charge in [0.15, 0.2) is 0 Å². The minimum absolute atomic E-state index is 0.450. The molecule has 0 aromatic rings. The molecule has 0 aromatic carbocycles. The van der Waals surface area contributed by atoms with Gasteiger partial charge in [0.05, 0.1) is 0 Å². The van der Waals surface area contributed by atoms with Gasteiger partial charge in [-0.2, -0.15) is 0 Å². The highest BCUT2D eigenvalue weighted by Crippen LogP contribution is 2.31. The molecule has 0 aromatic heterocycles. The van der Waals surface area contributed by atoms with E-state index in [0.29, 0.717) is 11.5 Å². The molecule has 0 amide bonds. The number of hydrogen-bond donors (Lipinski definition) is 1. The molecular formula is C19H40N2. The van der Waals surface area contributed by atoms with E-state index in [-0.39, 0.29) is 0 Å². The summed E-state index contributed by atoms with van der Waals surface area (Å²) in [4.78, 5) is 2.73. The van der Waals surface area contributed by atoms with Crippen LogP contribution in [0.25, 0.3) is 0 Å². The second kappa shape index (κ2) is 8.53. The Morgan fingerprint density at radius 2 is 1.81 bits per heavy atom. The van der Waals surface area contributed by atoms with Crippen molar-refractivity contribution in [3.63, 3.8) is 0 Å². The van der Waals surface area contributed by atoms with Crippen molar-refractivity contribution in [3.8, 4) is 0 Å². The van der Waals surface area contributed by atoms with E-state index < -0.39 is 0 Å². The van der Waals surface area contributed by atoms with Crippen LogP contribution in [0.4, 0.5) is 0 Å². The van der Waals surface area contributed by atoms with Crippen LogP contribution in [0.3, 0.4) is 0 Å². The molecule has 1 aliphatic rings. The Bertz CT molecular complexity index is 280. The number of rotatable bonds is 7. The van der Waals surface area contributed by atoms with E-state index in [1.165, 1.54) is 45.3 Å². The molecule has 1 N–H and O–H groups in total. The molecule has 1 aliphatic heterocycles. The molecule has 0 radical (unpaired) electrons. The van der Waals surface area contributed by atoms with E-state index in [1.807, 2.05) is 0 Å². The molecule has 0 bridgehead atoms. The molecule has 1 rings (SSSR count). The van der Waals surface area contributed by atoms with Gasteiger partial charge in [0.1, 0.15) is 0 Å². The van der Waals surface area contributed by atoms with Crippen LogP contribution in [0.15, 0.2) is 0 Å². The van der Waals surface area contributed by atoms with Crippen molar-refractivity contribution in [2.75, 3.05) is 19.6 Å². The van der Waals surface area contributed by atoms with Crippen molar-refractivity contribution in [1.29, 1.82) is 0 Å². The summed E-state index contributed by atoms with van der Waals surface area (Å²) in [5.41, 5.74) is 0.450. The molecule has 0 saturated carbocycles. The van der Waals surface area contributed by atoms with Gasteiger partial charge in [0, 0.05) is 25.2 Å². The molecule has 1 heterocycles. The SMILES string of the molecule is CCC(C)N1CC(CC(C)(C)C)CC(NCCC(C)C)C1. The lowest BCUT2D eigenvalue weighted by Gasteiger charge is -2.43. The van der Waals surface area contributed by atoms with Crippen LogP contribution in [0.2, 0.25) is 0 Å². The third-order valence-corrected chi connectivity index (χ3v) is 4.84. The molecule has 1 fully saturated rings. The Labute approximate surface area is 134 Å². The smallest absolute Gasteiger partial charge is 0.0198 e. The Balaban J connectivity index is 2.57. The maximum Gasteiger partial charge on any atom is 0.0198 e. The van der Waals surface area contributed by atoms with E-state index in [9.17, 15) is 0 Å². The average molecular weight is 297 g/mol. The lowest BCUT2D eigenvalue weighted by atomic mass is 9.79. The Kier molecular flexibility index (Phi) is 7.70. The largest absolute Gasteiger partial charge is 0.313 e. The first-order valence-electron chi connectivity index (χ1n) is 9.18. The number of nitrogens with zero attached hydrogens (tertiary/aromatic N) is 1. The molecule has 3 atom stereocenters. The topological polar surface area (TPSA) is 15.3 Å². The minimum Gasteiger partial charge on any atom is -0.313 e. The molecule has 3 unspecified atom stereocenters. The van der Waals surface area contributed by atoms with Crippen LogP contribution in [-0.4, -0.2) is 36.6 Å². The van der Waals surface area contributed by atoms with Gasteiger partial charge in [-0.05, 0) is 56.4 Å².